The van der Waals surface area contributed by atoms with Crippen LogP contribution in [0.15, 0.2) is 59.5 Å². The molecule has 1 heterocycles. The highest BCUT2D eigenvalue weighted by atomic mass is 32.2. The Morgan fingerprint density at radius 2 is 1.76 bits per heavy atom. The molecule has 0 unspecified atom stereocenters. The lowest BCUT2D eigenvalue weighted by Crippen LogP contribution is -2.38. The zero-order valence-corrected chi connectivity index (χ0v) is 14.9. The fourth-order valence-electron chi connectivity index (χ4n) is 3.18. The van der Waals surface area contributed by atoms with Gasteiger partial charge in [-0.1, -0.05) is 49.4 Å². The molecule has 0 saturated carbocycles. The minimum atomic E-state index is -3.85. The Morgan fingerprint density at radius 3 is 2.40 bits per heavy atom. The van der Waals surface area contributed by atoms with Gasteiger partial charge in [-0.25, -0.2) is 13.1 Å². The molecular formula is C19H22N2O3S. The van der Waals surface area contributed by atoms with Crippen molar-refractivity contribution in [2.24, 2.45) is 5.92 Å². The van der Waals surface area contributed by atoms with E-state index in [2.05, 4.69) is 10.0 Å². The average molecular weight is 358 g/mol. The molecule has 2 N–H and O–H groups in total. The van der Waals surface area contributed by atoms with Crippen LogP contribution in [0.4, 0.5) is 0 Å². The zero-order chi connectivity index (χ0) is 17.9. The van der Waals surface area contributed by atoms with Gasteiger partial charge in [0.15, 0.2) is 0 Å². The van der Waals surface area contributed by atoms with Gasteiger partial charge in [0.25, 0.3) is 10.0 Å². The number of hydrogen-bond donors (Lipinski definition) is 2. The molecule has 132 valence electrons. The van der Waals surface area contributed by atoms with Crippen LogP contribution in [0.1, 0.15) is 24.0 Å². The second kappa shape index (κ2) is 7.37. The van der Waals surface area contributed by atoms with Gasteiger partial charge in [-0.3, -0.25) is 4.79 Å². The third kappa shape index (κ3) is 3.91. The molecule has 1 amide bonds. The van der Waals surface area contributed by atoms with Crippen molar-refractivity contribution in [3.63, 3.8) is 0 Å². The van der Waals surface area contributed by atoms with Crippen molar-refractivity contribution in [3.05, 3.63) is 65.7 Å². The van der Waals surface area contributed by atoms with E-state index in [9.17, 15) is 13.2 Å². The molecule has 0 aromatic heterocycles. The number of aryl methyl sites for hydroxylation is 1. The molecule has 0 aliphatic carbocycles. The van der Waals surface area contributed by atoms with Crippen LogP contribution in [0.25, 0.3) is 0 Å². The van der Waals surface area contributed by atoms with E-state index in [0.29, 0.717) is 13.1 Å². The maximum absolute atomic E-state index is 12.6. The number of sulfonamides is 1. The molecule has 5 nitrogen and oxygen atoms in total. The standard InChI is InChI=1S/C19H22N2O3S/c1-2-14-8-10-16(11-9-14)25(23,24)21-19(22)18-13-20-12-17(18)15-6-4-3-5-7-15/h3-11,17-18,20H,2,12-13H2,1H3,(H,21,22)/t17-,18+/m1/s1. The van der Waals surface area contributed by atoms with Crippen LogP contribution in [-0.4, -0.2) is 27.4 Å². The molecule has 0 bridgehead atoms. The molecule has 25 heavy (non-hydrogen) atoms. The summed E-state index contributed by atoms with van der Waals surface area (Å²) in [5, 5.41) is 3.19. The number of carbonyl (C=O) groups is 1. The summed E-state index contributed by atoms with van der Waals surface area (Å²) in [6, 6.07) is 16.3. The van der Waals surface area contributed by atoms with E-state index in [1.807, 2.05) is 37.3 Å². The largest absolute Gasteiger partial charge is 0.315 e. The van der Waals surface area contributed by atoms with Gasteiger partial charge < -0.3 is 5.32 Å². The van der Waals surface area contributed by atoms with Gasteiger partial charge in [0.1, 0.15) is 0 Å². The number of amides is 1. The first-order chi connectivity index (χ1) is 12.0. The van der Waals surface area contributed by atoms with Gasteiger partial charge in [-0.05, 0) is 29.7 Å². The smallest absolute Gasteiger partial charge is 0.264 e. The molecule has 6 heteroatoms. The zero-order valence-electron chi connectivity index (χ0n) is 14.1. The molecule has 1 fully saturated rings. The monoisotopic (exact) mass is 358 g/mol. The van der Waals surface area contributed by atoms with Crippen molar-refractivity contribution in [3.8, 4) is 0 Å². The summed E-state index contributed by atoms with van der Waals surface area (Å²) in [6.07, 6.45) is 0.833. The summed E-state index contributed by atoms with van der Waals surface area (Å²) in [4.78, 5) is 12.7. The van der Waals surface area contributed by atoms with Crippen LogP contribution < -0.4 is 10.0 Å². The molecule has 3 rings (SSSR count). The number of hydrogen-bond acceptors (Lipinski definition) is 4. The first kappa shape index (κ1) is 17.6. The number of carbonyl (C=O) groups excluding carboxylic acids is 1. The topological polar surface area (TPSA) is 75.3 Å². The van der Waals surface area contributed by atoms with E-state index in [-0.39, 0.29) is 10.8 Å². The fraction of sp³-hybridized carbons (Fsp3) is 0.316. The first-order valence-corrected chi connectivity index (χ1v) is 9.91. The van der Waals surface area contributed by atoms with Crippen LogP contribution in [0.5, 0.6) is 0 Å². The van der Waals surface area contributed by atoms with Crippen molar-refractivity contribution in [1.82, 2.24) is 10.0 Å². The summed E-state index contributed by atoms with van der Waals surface area (Å²) < 4.78 is 27.2. The van der Waals surface area contributed by atoms with Gasteiger partial charge in [0, 0.05) is 19.0 Å². The molecular weight excluding hydrogens is 336 g/mol. The normalized spacial score (nSPS) is 20.4. The lowest BCUT2D eigenvalue weighted by atomic mass is 9.88. The highest BCUT2D eigenvalue weighted by molar-refractivity contribution is 7.90. The number of rotatable bonds is 5. The number of benzene rings is 2. The summed E-state index contributed by atoms with van der Waals surface area (Å²) in [7, 11) is -3.85. The molecule has 2 atom stereocenters. The predicted molar refractivity (Wildman–Crippen MR) is 96.7 cm³/mol. The van der Waals surface area contributed by atoms with Crippen LogP contribution >= 0.6 is 0 Å². The second-order valence-corrected chi connectivity index (χ2v) is 7.93. The van der Waals surface area contributed by atoms with Crippen molar-refractivity contribution in [2.75, 3.05) is 13.1 Å². The summed E-state index contributed by atoms with van der Waals surface area (Å²) in [5.41, 5.74) is 2.09. The van der Waals surface area contributed by atoms with E-state index in [1.165, 1.54) is 12.1 Å². The summed E-state index contributed by atoms with van der Waals surface area (Å²) >= 11 is 0. The van der Waals surface area contributed by atoms with Crippen LogP contribution in [0.2, 0.25) is 0 Å². The maximum atomic E-state index is 12.6. The van der Waals surface area contributed by atoms with Gasteiger partial charge in [0.2, 0.25) is 5.91 Å². The first-order valence-electron chi connectivity index (χ1n) is 8.42. The van der Waals surface area contributed by atoms with Crippen molar-refractivity contribution in [2.45, 2.75) is 24.2 Å². The Balaban J connectivity index is 1.76. The van der Waals surface area contributed by atoms with E-state index < -0.39 is 21.8 Å². The van der Waals surface area contributed by atoms with Crippen molar-refractivity contribution in [1.29, 1.82) is 0 Å². The van der Waals surface area contributed by atoms with Gasteiger partial charge in [-0.2, -0.15) is 0 Å². The lowest BCUT2D eigenvalue weighted by molar-refractivity contribution is -0.123. The van der Waals surface area contributed by atoms with Gasteiger partial charge in [-0.15, -0.1) is 0 Å². The fourth-order valence-corrected chi connectivity index (χ4v) is 4.20. The van der Waals surface area contributed by atoms with E-state index in [1.54, 1.807) is 12.1 Å². The minimum absolute atomic E-state index is 0.0288. The molecule has 1 aliphatic rings. The third-order valence-electron chi connectivity index (χ3n) is 4.66. The van der Waals surface area contributed by atoms with Crippen molar-refractivity contribution >= 4 is 15.9 Å². The van der Waals surface area contributed by atoms with Crippen LogP contribution in [0, 0.1) is 5.92 Å². The molecule has 1 saturated heterocycles. The Kier molecular flexibility index (Phi) is 5.20. The molecule has 1 aliphatic heterocycles. The second-order valence-electron chi connectivity index (χ2n) is 6.25. The van der Waals surface area contributed by atoms with E-state index in [0.717, 1.165) is 17.5 Å². The number of nitrogens with one attached hydrogen (secondary N) is 2. The molecule has 0 spiro atoms. The Labute approximate surface area is 148 Å². The van der Waals surface area contributed by atoms with E-state index >= 15 is 0 Å². The lowest BCUT2D eigenvalue weighted by Gasteiger charge is -2.18. The average Bonchev–Trinajstić information content (AvgIpc) is 3.12. The minimum Gasteiger partial charge on any atom is -0.315 e. The molecule has 2 aromatic carbocycles. The van der Waals surface area contributed by atoms with Crippen molar-refractivity contribution < 1.29 is 13.2 Å². The SMILES string of the molecule is CCc1ccc(S(=O)(=O)NC(=O)[C@H]2CNC[C@@H]2c2ccccc2)cc1. The van der Waals surface area contributed by atoms with Gasteiger partial charge >= 0.3 is 0 Å². The summed E-state index contributed by atoms with van der Waals surface area (Å²) in [5.74, 6) is -0.899. The molecule has 2 aromatic rings. The Morgan fingerprint density at radius 1 is 1.08 bits per heavy atom. The van der Waals surface area contributed by atoms with E-state index in [4.69, 9.17) is 0 Å². The Hall–Kier alpha value is -2.18. The van der Waals surface area contributed by atoms with Crippen LogP contribution in [0.3, 0.4) is 0 Å². The highest BCUT2D eigenvalue weighted by Gasteiger charge is 2.35. The quantitative estimate of drug-likeness (QED) is 0.858. The highest BCUT2D eigenvalue weighted by Crippen LogP contribution is 2.28. The van der Waals surface area contributed by atoms with Crippen LogP contribution in [-0.2, 0) is 21.2 Å². The third-order valence-corrected chi connectivity index (χ3v) is 6.02. The Bertz CT molecular complexity index is 833. The predicted octanol–water partition coefficient (Wildman–Crippen LogP) is 2.06. The maximum Gasteiger partial charge on any atom is 0.264 e. The summed E-state index contributed by atoms with van der Waals surface area (Å²) in [6.45, 7) is 3.13. The molecule has 0 radical (unpaired) electrons. The van der Waals surface area contributed by atoms with Gasteiger partial charge in [0.05, 0.1) is 10.8 Å².